The van der Waals surface area contributed by atoms with Crippen LogP contribution in [0, 0.1) is 17.7 Å². The molecule has 21 heavy (non-hydrogen) atoms. The van der Waals surface area contributed by atoms with Crippen molar-refractivity contribution in [2.24, 2.45) is 17.6 Å². The van der Waals surface area contributed by atoms with Crippen molar-refractivity contribution in [2.45, 2.75) is 42.8 Å². The third-order valence-corrected chi connectivity index (χ3v) is 7.11. The Kier molecular flexibility index (Phi) is 5.28. The number of hydrogen-bond donors (Lipinski definition) is 1. The van der Waals surface area contributed by atoms with Crippen molar-refractivity contribution in [2.75, 3.05) is 6.54 Å². The molecule has 0 heterocycles. The molecule has 1 aliphatic rings. The van der Waals surface area contributed by atoms with Crippen LogP contribution in [0.25, 0.3) is 0 Å². The van der Waals surface area contributed by atoms with E-state index in [1.54, 1.807) is 0 Å². The predicted octanol–water partition coefficient (Wildman–Crippen LogP) is 3.41. The van der Waals surface area contributed by atoms with Gasteiger partial charge in [0.1, 0.15) is 5.82 Å². The van der Waals surface area contributed by atoms with Crippen molar-refractivity contribution in [1.29, 1.82) is 0 Å². The molecule has 1 saturated carbocycles. The van der Waals surface area contributed by atoms with Gasteiger partial charge in [-0.1, -0.05) is 31.4 Å². The van der Waals surface area contributed by atoms with Gasteiger partial charge in [-0.05, 0) is 49.4 Å². The van der Waals surface area contributed by atoms with E-state index in [9.17, 15) is 12.8 Å². The predicted molar refractivity (Wildman–Crippen MR) is 82.6 cm³/mol. The number of sulfone groups is 1. The first-order valence-corrected chi connectivity index (χ1v) is 9.21. The molecule has 3 nitrogen and oxygen atoms in total. The lowest BCUT2D eigenvalue weighted by atomic mass is 9.80. The third kappa shape index (κ3) is 3.41. The summed E-state index contributed by atoms with van der Waals surface area (Å²) in [5.41, 5.74) is 5.76. The lowest BCUT2D eigenvalue weighted by Gasteiger charge is -2.34. The van der Waals surface area contributed by atoms with Crippen molar-refractivity contribution in [3.05, 3.63) is 29.0 Å². The van der Waals surface area contributed by atoms with Crippen LogP contribution in [-0.4, -0.2) is 20.2 Å². The highest BCUT2D eigenvalue weighted by Crippen LogP contribution is 2.37. The van der Waals surface area contributed by atoms with Crippen molar-refractivity contribution in [3.8, 4) is 0 Å². The Hall–Kier alpha value is -0.650. The van der Waals surface area contributed by atoms with Crippen LogP contribution in [-0.2, 0) is 9.84 Å². The number of benzene rings is 1. The van der Waals surface area contributed by atoms with Crippen LogP contribution in [0.4, 0.5) is 4.39 Å². The Labute approximate surface area is 130 Å². The van der Waals surface area contributed by atoms with Gasteiger partial charge in [-0.25, -0.2) is 12.8 Å². The maximum Gasteiger partial charge on any atom is 0.181 e. The normalized spacial score (nSPS) is 26.8. The van der Waals surface area contributed by atoms with Crippen LogP contribution in [0.3, 0.4) is 0 Å². The Bertz CT molecular complexity index is 606. The van der Waals surface area contributed by atoms with Crippen molar-refractivity contribution < 1.29 is 12.8 Å². The lowest BCUT2D eigenvalue weighted by Crippen LogP contribution is -2.39. The molecule has 0 aromatic heterocycles. The highest BCUT2D eigenvalue weighted by molar-refractivity contribution is 7.92. The summed E-state index contributed by atoms with van der Waals surface area (Å²) >= 11 is 5.72. The summed E-state index contributed by atoms with van der Waals surface area (Å²) in [5.74, 6) is -0.244. The average molecular weight is 334 g/mol. The summed E-state index contributed by atoms with van der Waals surface area (Å²) in [5, 5.41) is -0.661. The summed E-state index contributed by atoms with van der Waals surface area (Å²) < 4.78 is 38.9. The topological polar surface area (TPSA) is 60.2 Å². The fourth-order valence-corrected chi connectivity index (χ4v) is 5.54. The molecule has 3 atom stereocenters. The molecular formula is C15H21ClFNO2S. The zero-order valence-corrected chi connectivity index (χ0v) is 13.6. The van der Waals surface area contributed by atoms with E-state index < -0.39 is 20.9 Å². The Morgan fingerprint density at radius 1 is 1.38 bits per heavy atom. The van der Waals surface area contributed by atoms with E-state index in [1.807, 2.05) is 0 Å². The molecule has 2 rings (SSSR count). The monoisotopic (exact) mass is 333 g/mol. The Balaban J connectivity index is 2.37. The highest BCUT2D eigenvalue weighted by Gasteiger charge is 2.38. The molecule has 3 unspecified atom stereocenters. The second kappa shape index (κ2) is 6.63. The molecule has 1 aliphatic carbocycles. The van der Waals surface area contributed by atoms with Gasteiger partial charge in [0.25, 0.3) is 0 Å². The van der Waals surface area contributed by atoms with Gasteiger partial charge in [-0.15, -0.1) is 0 Å². The quantitative estimate of drug-likeness (QED) is 0.859. The smallest absolute Gasteiger partial charge is 0.181 e. The van der Waals surface area contributed by atoms with E-state index >= 15 is 0 Å². The second-order valence-corrected chi connectivity index (χ2v) is 8.32. The van der Waals surface area contributed by atoms with Crippen molar-refractivity contribution in [3.63, 3.8) is 0 Å². The Morgan fingerprint density at radius 2 is 2.10 bits per heavy atom. The fourth-order valence-electron chi connectivity index (χ4n) is 3.12. The summed E-state index contributed by atoms with van der Waals surface area (Å²) in [6, 6.07) is 3.60. The molecule has 1 fully saturated rings. The van der Waals surface area contributed by atoms with E-state index in [0.717, 1.165) is 25.3 Å². The molecule has 0 amide bonds. The maximum absolute atomic E-state index is 13.2. The summed E-state index contributed by atoms with van der Waals surface area (Å²) in [7, 11) is -3.54. The van der Waals surface area contributed by atoms with E-state index in [1.165, 1.54) is 12.1 Å². The number of nitrogens with two attached hydrogens (primary N) is 1. The summed E-state index contributed by atoms with van der Waals surface area (Å²) in [6.07, 6.45) is 3.44. The van der Waals surface area contributed by atoms with Gasteiger partial charge >= 0.3 is 0 Å². The first kappa shape index (κ1) is 16.7. The molecule has 0 saturated heterocycles. The molecule has 1 aromatic rings. The molecule has 1 aromatic carbocycles. The maximum atomic E-state index is 13.2. The molecule has 0 bridgehead atoms. The van der Waals surface area contributed by atoms with E-state index in [0.29, 0.717) is 18.9 Å². The number of hydrogen-bond acceptors (Lipinski definition) is 3. The van der Waals surface area contributed by atoms with Gasteiger partial charge in [0.2, 0.25) is 0 Å². The minimum atomic E-state index is -3.54. The largest absolute Gasteiger partial charge is 0.330 e. The zero-order valence-electron chi connectivity index (χ0n) is 12.1. The van der Waals surface area contributed by atoms with Crippen LogP contribution in [0.15, 0.2) is 23.1 Å². The molecule has 0 spiro atoms. The molecule has 2 N–H and O–H groups in total. The van der Waals surface area contributed by atoms with Gasteiger partial charge < -0.3 is 5.73 Å². The van der Waals surface area contributed by atoms with Gasteiger partial charge in [0.05, 0.1) is 15.2 Å². The SMILES string of the molecule is CCC1CCC(CN)C(S(=O)(=O)c2ccc(F)c(Cl)c2)C1. The molecule has 118 valence electrons. The van der Waals surface area contributed by atoms with Crippen LogP contribution in [0.2, 0.25) is 5.02 Å². The van der Waals surface area contributed by atoms with Gasteiger partial charge in [0, 0.05) is 0 Å². The minimum Gasteiger partial charge on any atom is -0.330 e. The average Bonchev–Trinajstić information content (AvgIpc) is 2.49. The first-order valence-electron chi connectivity index (χ1n) is 7.29. The highest BCUT2D eigenvalue weighted by atomic mass is 35.5. The molecule has 6 heteroatoms. The van der Waals surface area contributed by atoms with Gasteiger partial charge in [-0.2, -0.15) is 0 Å². The zero-order chi connectivity index (χ0) is 15.6. The van der Waals surface area contributed by atoms with E-state index in [2.05, 4.69) is 6.92 Å². The molecule has 0 radical (unpaired) electrons. The number of rotatable bonds is 4. The summed E-state index contributed by atoms with van der Waals surface area (Å²) in [6.45, 7) is 2.43. The van der Waals surface area contributed by atoms with Crippen LogP contribution in [0.1, 0.15) is 32.6 Å². The van der Waals surface area contributed by atoms with Gasteiger partial charge in [-0.3, -0.25) is 0 Å². The number of halogens is 2. The minimum absolute atomic E-state index is 0.0402. The van der Waals surface area contributed by atoms with Crippen LogP contribution < -0.4 is 5.73 Å². The lowest BCUT2D eigenvalue weighted by molar-refractivity contribution is 0.275. The summed E-state index contributed by atoms with van der Waals surface area (Å²) in [4.78, 5) is 0.0918. The molecular weight excluding hydrogens is 313 g/mol. The van der Waals surface area contributed by atoms with E-state index in [4.69, 9.17) is 17.3 Å². The molecule has 0 aliphatic heterocycles. The van der Waals surface area contributed by atoms with Crippen LogP contribution in [0.5, 0.6) is 0 Å². The van der Waals surface area contributed by atoms with E-state index in [-0.39, 0.29) is 15.8 Å². The van der Waals surface area contributed by atoms with Crippen molar-refractivity contribution in [1.82, 2.24) is 0 Å². The van der Waals surface area contributed by atoms with Crippen molar-refractivity contribution >= 4 is 21.4 Å². The second-order valence-electron chi connectivity index (χ2n) is 5.74. The standard InChI is InChI=1S/C15H21ClFNO2S/c1-2-10-3-4-11(9-18)15(7-10)21(19,20)12-5-6-14(17)13(16)8-12/h5-6,8,10-11,15H,2-4,7,9,18H2,1H3. The van der Waals surface area contributed by atoms with Crippen LogP contribution >= 0.6 is 11.6 Å². The van der Waals surface area contributed by atoms with Gasteiger partial charge in [0.15, 0.2) is 9.84 Å². The fraction of sp³-hybridized carbons (Fsp3) is 0.600. The Morgan fingerprint density at radius 3 is 2.67 bits per heavy atom. The third-order valence-electron chi connectivity index (χ3n) is 4.54. The first-order chi connectivity index (χ1) is 9.90.